The Morgan fingerprint density at radius 2 is 2.19 bits per heavy atom. The first kappa shape index (κ1) is 12.0. The molecule has 0 saturated heterocycles. The molecule has 2 nitrogen and oxygen atoms in total. The van der Waals surface area contributed by atoms with Crippen molar-refractivity contribution in [3.8, 4) is 0 Å². The van der Waals surface area contributed by atoms with Crippen LogP contribution in [0.3, 0.4) is 0 Å². The molecular formula is C12H15BrFNO. The van der Waals surface area contributed by atoms with Crippen LogP contribution in [0.15, 0.2) is 22.7 Å². The van der Waals surface area contributed by atoms with Gasteiger partial charge in [-0.05, 0) is 46.3 Å². The van der Waals surface area contributed by atoms with Gasteiger partial charge in [0.2, 0.25) is 0 Å². The van der Waals surface area contributed by atoms with Gasteiger partial charge in [0.15, 0.2) is 0 Å². The van der Waals surface area contributed by atoms with Crippen LogP contribution in [0.1, 0.15) is 18.4 Å². The Hall–Kier alpha value is -0.450. The van der Waals surface area contributed by atoms with Crippen LogP contribution in [0.4, 0.5) is 4.39 Å². The monoisotopic (exact) mass is 287 g/mol. The van der Waals surface area contributed by atoms with E-state index in [1.165, 1.54) is 6.07 Å². The van der Waals surface area contributed by atoms with E-state index >= 15 is 0 Å². The first-order chi connectivity index (χ1) is 7.57. The molecule has 1 aliphatic carbocycles. The molecule has 1 aromatic rings. The Morgan fingerprint density at radius 3 is 2.75 bits per heavy atom. The summed E-state index contributed by atoms with van der Waals surface area (Å²) in [6, 6.07) is 4.86. The van der Waals surface area contributed by atoms with Gasteiger partial charge < -0.3 is 10.8 Å². The number of nitrogens with two attached hydrogens (primary N) is 1. The van der Waals surface area contributed by atoms with E-state index in [1.807, 2.05) is 6.07 Å². The Balaban J connectivity index is 2.22. The van der Waals surface area contributed by atoms with Crippen LogP contribution >= 0.6 is 15.9 Å². The third-order valence-corrected chi connectivity index (χ3v) is 4.11. The van der Waals surface area contributed by atoms with E-state index in [0.29, 0.717) is 10.9 Å². The first-order valence-corrected chi connectivity index (χ1v) is 6.21. The lowest BCUT2D eigenvalue weighted by Gasteiger charge is -2.27. The van der Waals surface area contributed by atoms with Gasteiger partial charge in [-0.2, -0.15) is 0 Å². The van der Waals surface area contributed by atoms with E-state index in [9.17, 15) is 9.50 Å². The van der Waals surface area contributed by atoms with Crippen LogP contribution in [0.5, 0.6) is 0 Å². The molecule has 1 aliphatic rings. The SMILES string of the molecule is NCC(O)(Cc1cccc(F)c1Br)C1CC1. The molecule has 1 unspecified atom stereocenters. The molecule has 0 aliphatic heterocycles. The van der Waals surface area contributed by atoms with Crippen LogP contribution in [0.25, 0.3) is 0 Å². The summed E-state index contributed by atoms with van der Waals surface area (Å²) in [6.07, 6.45) is 2.44. The van der Waals surface area contributed by atoms with Gasteiger partial charge >= 0.3 is 0 Å². The molecule has 2 rings (SSSR count). The number of halogens is 2. The van der Waals surface area contributed by atoms with Gasteiger partial charge in [-0.25, -0.2) is 4.39 Å². The van der Waals surface area contributed by atoms with Gasteiger partial charge in [-0.1, -0.05) is 12.1 Å². The fourth-order valence-corrected chi connectivity index (χ4v) is 2.42. The van der Waals surface area contributed by atoms with Gasteiger partial charge in [0.05, 0.1) is 10.1 Å². The highest BCUT2D eigenvalue weighted by molar-refractivity contribution is 9.10. The maximum absolute atomic E-state index is 13.3. The molecule has 0 radical (unpaired) electrons. The van der Waals surface area contributed by atoms with E-state index in [4.69, 9.17) is 5.73 Å². The number of hydrogen-bond acceptors (Lipinski definition) is 2. The van der Waals surface area contributed by atoms with Gasteiger partial charge in [-0.15, -0.1) is 0 Å². The Morgan fingerprint density at radius 1 is 1.50 bits per heavy atom. The minimum Gasteiger partial charge on any atom is -0.388 e. The summed E-state index contributed by atoms with van der Waals surface area (Å²) in [7, 11) is 0. The van der Waals surface area contributed by atoms with Crippen LogP contribution in [-0.4, -0.2) is 17.3 Å². The van der Waals surface area contributed by atoms with Crippen LogP contribution in [-0.2, 0) is 6.42 Å². The second kappa shape index (κ2) is 4.43. The van der Waals surface area contributed by atoms with Gasteiger partial charge in [0.1, 0.15) is 5.82 Å². The zero-order chi connectivity index (χ0) is 11.8. The van der Waals surface area contributed by atoms with E-state index in [2.05, 4.69) is 15.9 Å². The Bertz CT molecular complexity index is 395. The van der Waals surface area contributed by atoms with Crippen molar-refractivity contribution in [1.82, 2.24) is 0 Å². The molecule has 4 heteroatoms. The zero-order valence-electron chi connectivity index (χ0n) is 8.92. The largest absolute Gasteiger partial charge is 0.388 e. The summed E-state index contributed by atoms with van der Waals surface area (Å²) in [5.74, 6) is -0.0275. The summed E-state index contributed by atoms with van der Waals surface area (Å²) >= 11 is 3.20. The zero-order valence-corrected chi connectivity index (χ0v) is 10.5. The number of aliphatic hydroxyl groups is 1. The Labute approximate surface area is 103 Å². The lowest BCUT2D eigenvalue weighted by molar-refractivity contribution is 0.0265. The molecule has 0 spiro atoms. The third kappa shape index (κ3) is 2.29. The minimum absolute atomic E-state index is 0.223. The van der Waals surface area contributed by atoms with E-state index in [1.54, 1.807) is 6.07 Å². The van der Waals surface area contributed by atoms with Gasteiger partial charge in [0, 0.05) is 13.0 Å². The van der Waals surface area contributed by atoms with Crippen LogP contribution in [0, 0.1) is 11.7 Å². The fourth-order valence-electron chi connectivity index (χ4n) is 2.02. The Kier molecular flexibility index (Phi) is 3.33. The molecule has 1 atom stereocenters. The summed E-state index contributed by atoms with van der Waals surface area (Å²) in [4.78, 5) is 0. The van der Waals surface area contributed by atoms with E-state index in [0.717, 1.165) is 18.4 Å². The van der Waals surface area contributed by atoms with Crippen molar-refractivity contribution in [3.05, 3.63) is 34.1 Å². The topological polar surface area (TPSA) is 46.2 Å². The summed E-state index contributed by atoms with van der Waals surface area (Å²) in [5.41, 5.74) is 5.52. The highest BCUT2D eigenvalue weighted by Crippen LogP contribution is 2.41. The average molecular weight is 288 g/mol. The second-order valence-corrected chi connectivity index (χ2v) is 5.26. The molecule has 0 aromatic heterocycles. The van der Waals surface area contributed by atoms with Crippen molar-refractivity contribution < 1.29 is 9.50 Å². The fraction of sp³-hybridized carbons (Fsp3) is 0.500. The standard InChI is InChI=1S/C12H15BrFNO/c13-11-8(2-1-3-10(11)14)6-12(16,7-15)9-4-5-9/h1-3,9,16H,4-7,15H2. The molecule has 1 aromatic carbocycles. The smallest absolute Gasteiger partial charge is 0.137 e. The minimum atomic E-state index is -0.879. The predicted octanol–water partition coefficient (Wildman–Crippen LogP) is 2.23. The quantitative estimate of drug-likeness (QED) is 0.892. The van der Waals surface area contributed by atoms with Crippen molar-refractivity contribution in [2.75, 3.05) is 6.54 Å². The lowest BCUT2D eigenvalue weighted by Crippen LogP contribution is -2.42. The molecule has 0 amide bonds. The highest BCUT2D eigenvalue weighted by atomic mass is 79.9. The van der Waals surface area contributed by atoms with Gasteiger partial charge in [0.25, 0.3) is 0 Å². The lowest BCUT2D eigenvalue weighted by atomic mass is 9.90. The van der Waals surface area contributed by atoms with Crippen molar-refractivity contribution >= 4 is 15.9 Å². The molecular weight excluding hydrogens is 273 g/mol. The second-order valence-electron chi connectivity index (χ2n) is 4.47. The summed E-state index contributed by atoms with van der Waals surface area (Å²) in [5, 5.41) is 10.4. The van der Waals surface area contributed by atoms with Crippen molar-refractivity contribution in [1.29, 1.82) is 0 Å². The van der Waals surface area contributed by atoms with Crippen molar-refractivity contribution in [2.45, 2.75) is 24.9 Å². The number of hydrogen-bond donors (Lipinski definition) is 2. The first-order valence-electron chi connectivity index (χ1n) is 5.42. The van der Waals surface area contributed by atoms with E-state index in [-0.39, 0.29) is 18.3 Å². The molecule has 88 valence electrons. The van der Waals surface area contributed by atoms with Crippen molar-refractivity contribution in [3.63, 3.8) is 0 Å². The maximum Gasteiger partial charge on any atom is 0.137 e. The molecule has 0 heterocycles. The predicted molar refractivity (Wildman–Crippen MR) is 64.5 cm³/mol. The normalized spacial score (nSPS) is 19.5. The molecule has 3 N–H and O–H groups in total. The van der Waals surface area contributed by atoms with Crippen molar-refractivity contribution in [2.24, 2.45) is 11.7 Å². The van der Waals surface area contributed by atoms with E-state index < -0.39 is 5.60 Å². The van der Waals surface area contributed by atoms with Gasteiger partial charge in [-0.3, -0.25) is 0 Å². The highest BCUT2D eigenvalue weighted by Gasteiger charge is 2.42. The molecule has 0 bridgehead atoms. The molecule has 16 heavy (non-hydrogen) atoms. The number of rotatable bonds is 4. The van der Waals surface area contributed by atoms with Crippen LogP contribution in [0.2, 0.25) is 0 Å². The average Bonchev–Trinajstić information content (AvgIpc) is 3.08. The van der Waals surface area contributed by atoms with Crippen LogP contribution < -0.4 is 5.73 Å². The number of benzene rings is 1. The maximum atomic E-state index is 13.3. The molecule has 1 fully saturated rings. The summed E-state index contributed by atoms with van der Waals surface area (Å²) in [6.45, 7) is 0.223. The summed E-state index contributed by atoms with van der Waals surface area (Å²) < 4.78 is 13.7. The third-order valence-electron chi connectivity index (χ3n) is 3.22. The molecule has 1 saturated carbocycles.